The Hall–Kier alpha value is -3.94. The monoisotopic (exact) mass is 680 g/mol. The second-order valence-corrected chi connectivity index (χ2v) is 14.9. The van der Waals surface area contributed by atoms with Crippen molar-refractivity contribution in [1.29, 1.82) is 10.5 Å². The van der Waals surface area contributed by atoms with Gasteiger partial charge in [-0.25, -0.2) is 9.97 Å². The Morgan fingerprint density at radius 1 is 0.708 bits per heavy atom. The van der Waals surface area contributed by atoms with Crippen LogP contribution >= 0.6 is 22.7 Å². The molecule has 2 aliphatic rings. The fourth-order valence-corrected chi connectivity index (χ4v) is 9.67. The van der Waals surface area contributed by atoms with E-state index in [1.165, 1.54) is 9.40 Å². The molecular weight excluding hydrogens is 641 g/mol. The fourth-order valence-electron chi connectivity index (χ4n) is 7.89. The van der Waals surface area contributed by atoms with Gasteiger partial charge in [-0.05, 0) is 73.3 Å². The number of hydrogen-bond donors (Lipinski definition) is 2. The van der Waals surface area contributed by atoms with Crippen molar-refractivity contribution in [2.45, 2.75) is 102 Å². The molecule has 2 saturated carbocycles. The minimum atomic E-state index is -0.411. The smallest absolute Gasteiger partial charge is 0.109 e. The number of thiophene rings is 2. The highest BCUT2D eigenvalue weighted by molar-refractivity contribution is 7.18. The molecule has 0 amide bonds. The van der Waals surface area contributed by atoms with Gasteiger partial charge >= 0.3 is 0 Å². The van der Waals surface area contributed by atoms with Crippen molar-refractivity contribution in [1.82, 2.24) is 29.1 Å². The van der Waals surface area contributed by atoms with E-state index < -0.39 is 12.2 Å². The maximum Gasteiger partial charge on any atom is 0.109 e. The maximum absolute atomic E-state index is 10.5. The van der Waals surface area contributed by atoms with Crippen molar-refractivity contribution in [2.75, 3.05) is 0 Å². The van der Waals surface area contributed by atoms with Crippen molar-refractivity contribution < 1.29 is 10.2 Å². The highest BCUT2D eigenvalue weighted by atomic mass is 32.1. The first-order valence-electron chi connectivity index (χ1n) is 17.0. The number of aliphatic hydroxyl groups excluding tert-OH is 2. The van der Waals surface area contributed by atoms with Gasteiger partial charge in [-0.15, -0.1) is 22.7 Å². The number of aryl methyl sites for hydroxylation is 2. The molecule has 2 aliphatic carbocycles. The number of hydrogen-bond acceptors (Lipinski definition) is 10. The Labute approximate surface area is 287 Å². The minimum Gasteiger partial charge on any atom is -0.393 e. The summed E-state index contributed by atoms with van der Waals surface area (Å²) in [5, 5.41) is 42.9. The molecule has 0 unspecified atom stereocenters. The Kier molecular flexibility index (Phi) is 9.43. The van der Waals surface area contributed by atoms with Gasteiger partial charge in [0.1, 0.15) is 22.7 Å². The van der Waals surface area contributed by atoms with Gasteiger partial charge in [-0.1, -0.05) is 13.8 Å². The summed E-state index contributed by atoms with van der Waals surface area (Å²) in [5.74, 6) is 2.33. The Morgan fingerprint density at radius 2 is 1.15 bits per heavy atom. The lowest BCUT2D eigenvalue weighted by atomic mass is 9.82. The Bertz CT molecular complexity index is 2000. The molecule has 0 bridgehead atoms. The van der Waals surface area contributed by atoms with Crippen LogP contribution in [0.15, 0.2) is 35.3 Å². The number of aliphatic hydroxyl groups is 2. The zero-order valence-corrected chi connectivity index (χ0v) is 28.9. The molecule has 6 heterocycles. The summed E-state index contributed by atoms with van der Waals surface area (Å²) >= 11 is 3.40. The number of fused-ring (bicyclic) bond motifs is 6. The van der Waals surface area contributed by atoms with E-state index in [-0.39, 0.29) is 23.9 Å². The highest BCUT2D eigenvalue weighted by Crippen LogP contribution is 2.41. The average Bonchev–Trinajstić information content (AvgIpc) is 3.90. The molecule has 12 heteroatoms. The number of imidazole rings is 2. The van der Waals surface area contributed by atoms with Gasteiger partial charge < -0.3 is 19.3 Å². The lowest BCUT2D eigenvalue weighted by Gasteiger charge is -2.33. The molecule has 0 radical (unpaired) electrons. The van der Waals surface area contributed by atoms with Gasteiger partial charge in [-0.2, -0.15) is 10.5 Å². The van der Waals surface area contributed by atoms with Crippen LogP contribution in [0.4, 0.5) is 0 Å². The third kappa shape index (κ3) is 5.85. The van der Waals surface area contributed by atoms with Gasteiger partial charge in [0.15, 0.2) is 0 Å². The molecule has 0 aliphatic heterocycles. The summed E-state index contributed by atoms with van der Waals surface area (Å²) in [6.45, 7) is 4.24. The number of pyridine rings is 2. The SMILES string of the molecule is CCc1nc2cnc3ccsc3c2n1[C@@H]1CC[C@@H](CC#N)[C@H](O)C1.CCc1nc2cnc3ccsc3c2n1[C@H]1CC[C@H](CC#N)[C@@H](O)C1. The first kappa shape index (κ1) is 32.6. The number of aromatic nitrogens is 6. The van der Waals surface area contributed by atoms with E-state index in [9.17, 15) is 10.2 Å². The van der Waals surface area contributed by atoms with Gasteiger partial charge in [0.05, 0.1) is 68.2 Å². The molecule has 10 nitrogen and oxygen atoms in total. The average molecular weight is 681 g/mol. The van der Waals surface area contributed by atoms with Gasteiger partial charge in [0.25, 0.3) is 0 Å². The quantitative estimate of drug-likeness (QED) is 0.182. The number of nitrogens with zero attached hydrogens (tertiary/aromatic N) is 8. The van der Waals surface area contributed by atoms with Crippen LogP contribution in [0.1, 0.15) is 88.9 Å². The maximum atomic E-state index is 10.5. The normalized spacial score (nSPS) is 24.5. The van der Waals surface area contributed by atoms with Crippen LogP contribution in [-0.2, 0) is 12.8 Å². The molecule has 48 heavy (non-hydrogen) atoms. The van der Waals surface area contributed by atoms with Gasteiger partial charge in [-0.3, -0.25) is 9.97 Å². The van der Waals surface area contributed by atoms with Crippen LogP contribution in [0.25, 0.3) is 42.5 Å². The van der Waals surface area contributed by atoms with Crippen molar-refractivity contribution >= 4 is 65.2 Å². The fraction of sp³-hybridized carbons (Fsp3) is 0.500. The van der Waals surface area contributed by atoms with E-state index in [1.54, 1.807) is 22.7 Å². The molecule has 2 fully saturated rings. The van der Waals surface area contributed by atoms with E-state index in [1.807, 2.05) is 24.5 Å². The topological polar surface area (TPSA) is 149 Å². The summed E-state index contributed by atoms with van der Waals surface area (Å²) in [6.07, 6.45) is 10.6. The predicted molar refractivity (Wildman–Crippen MR) is 190 cm³/mol. The lowest BCUT2D eigenvalue weighted by Crippen LogP contribution is -2.31. The van der Waals surface area contributed by atoms with Gasteiger partial charge in [0.2, 0.25) is 0 Å². The number of rotatable bonds is 6. The molecule has 0 spiro atoms. The highest BCUT2D eigenvalue weighted by Gasteiger charge is 2.33. The second kappa shape index (κ2) is 13.9. The van der Waals surface area contributed by atoms with Crippen molar-refractivity contribution in [3.05, 3.63) is 46.9 Å². The molecule has 6 atom stereocenters. The van der Waals surface area contributed by atoms with Crippen molar-refractivity contribution in [3.8, 4) is 12.1 Å². The van der Waals surface area contributed by atoms with Crippen LogP contribution in [0.5, 0.6) is 0 Å². The Morgan fingerprint density at radius 3 is 1.52 bits per heavy atom. The van der Waals surface area contributed by atoms with Crippen LogP contribution < -0.4 is 0 Å². The largest absolute Gasteiger partial charge is 0.393 e. The van der Waals surface area contributed by atoms with Crippen LogP contribution in [0.2, 0.25) is 0 Å². The number of nitriles is 2. The molecule has 6 aromatic rings. The molecule has 0 saturated heterocycles. The molecule has 248 valence electrons. The zero-order chi connectivity index (χ0) is 33.4. The Balaban J connectivity index is 0.000000152. The van der Waals surface area contributed by atoms with Crippen molar-refractivity contribution in [2.24, 2.45) is 11.8 Å². The molecule has 6 aromatic heterocycles. The molecule has 8 rings (SSSR count). The van der Waals surface area contributed by atoms with E-state index in [2.05, 4.69) is 55.8 Å². The second-order valence-electron chi connectivity index (χ2n) is 13.1. The molecule has 2 N–H and O–H groups in total. The van der Waals surface area contributed by atoms with E-state index in [0.29, 0.717) is 25.7 Å². The minimum absolute atomic E-state index is 0.106. The van der Waals surface area contributed by atoms with Gasteiger partial charge in [0, 0.05) is 37.8 Å². The van der Waals surface area contributed by atoms with E-state index >= 15 is 0 Å². The van der Waals surface area contributed by atoms with E-state index in [4.69, 9.17) is 20.5 Å². The first-order valence-corrected chi connectivity index (χ1v) is 18.8. The summed E-state index contributed by atoms with van der Waals surface area (Å²) in [6, 6.07) is 8.97. The predicted octanol–water partition coefficient (Wildman–Crippen LogP) is 7.65. The van der Waals surface area contributed by atoms with Crippen molar-refractivity contribution in [3.63, 3.8) is 0 Å². The zero-order valence-electron chi connectivity index (χ0n) is 27.3. The third-order valence-electron chi connectivity index (χ3n) is 10.3. The summed E-state index contributed by atoms with van der Waals surface area (Å²) in [5.41, 5.74) is 6.21. The summed E-state index contributed by atoms with van der Waals surface area (Å²) in [4.78, 5) is 18.6. The van der Waals surface area contributed by atoms with Crippen LogP contribution in [0, 0.1) is 34.5 Å². The van der Waals surface area contributed by atoms with Crippen LogP contribution in [0.3, 0.4) is 0 Å². The molecule has 0 aromatic carbocycles. The summed E-state index contributed by atoms with van der Waals surface area (Å²) in [7, 11) is 0. The molecular formula is C36H40N8O2S2. The summed E-state index contributed by atoms with van der Waals surface area (Å²) < 4.78 is 7.02. The lowest BCUT2D eigenvalue weighted by molar-refractivity contribution is 0.0498. The van der Waals surface area contributed by atoms with Crippen LogP contribution in [-0.4, -0.2) is 51.5 Å². The van der Waals surface area contributed by atoms with E-state index in [0.717, 1.165) is 83.3 Å². The first-order chi connectivity index (χ1) is 23.4. The standard InChI is InChI=1S/2C18H20N4OS/c2*1-2-16-21-14-10-20-13-6-8-24-18(13)17(14)22(16)12-4-3-11(5-7-19)15(23)9-12/h2*6,8,10-12,15,23H,2-5,9H2,1H3/t2*11-,12+,15+/m10/s1. The third-order valence-corrected chi connectivity index (χ3v) is 12.1.